The van der Waals surface area contributed by atoms with Crippen LogP contribution in [0.1, 0.15) is 23.2 Å². The first-order valence-corrected chi connectivity index (χ1v) is 6.78. The van der Waals surface area contributed by atoms with Crippen molar-refractivity contribution in [1.29, 1.82) is 0 Å². The Morgan fingerprint density at radius 1 is 1.38 bits per heavy atom. The second-order valence-corrected chi connectivity index (χ2v) is 5.30. The minimum absolute atomic E-state index is 0.0904. The number of likely N-dealkylation sites (tertiary alicyclic amines) is 1. The Hall–Kier alpha value is -2.19. The first kappa shape index (κ1) is 13.8. The van der Waals surface area contributed by atoms with Gasteiger partial charge in [-0.3, -0.25) is 20.8 Å². The SMILES string of the molecule is NNc1ccc(C(=O)N2CC3CCC(C2)O3)cc1[N+](=O)[O-]. The van der Waals surface area contributed by atoms with Gasteiger partial charge in [-0.15, -0.1) is 0 Å². The van der Waals surface area contributed by atoms with Gasteiger partial charge in [-0.25, -0.2) is 0 Å². The summed E-state index contributed by atoms with van der Waals surface area (Å²) in [6, 6.07) is 4.25. The number of carbonyl (C=O) groups excluding carboxylic acids is 1. The maximum Gasteiger partial charge on any atom is 0.294 e. The summed E-state index contributed by atoms with van der Waals surface area (Å²) in [5.74, 6) is 5.03. The molecule has 8 heteroatoms. The number of ether oxygens (including phenoxy) is 1. The van der Waals surface area contributed by atoms with Crippen molar-refractivity contribution < 1.29 is 14.5 Å². The summed E-state index contributed by atoms with van der Waals surface area (Å²) >= 11 is 0. The maximum absolute atomic E-state index is 12.5. The highest BCUT2D eigenvalue weighted by molar-refractivity contribution is 5.95. The Labute approximate surface area is 121 Å². The number of benzene rings is 1. The number of hydrogen-bond donors (Lipinski definition) is 2. The van der Waals surface area contributed by atoms with Crippen molar-refractivity contribution in [3.8, 4) is 0 Å². The molecule has 2 saturated heterocycles. The molecule has 0 aliphatic carbocycles. The summed E-state index contributed by atoms with van der Waals surface area (Å²) in [6.45, 7) is 1.08. The zero-order valence-electron chi connectivity index (χ0n) is 11.3. The lowest BCUT2D eigenvalue weighted by molar-refractivity contribution is -0.384. The predicted octanol–water partition coefficient (Wildman–Crippen LogP) is 0.884. The second kappa shape index (κ2) is 5.30. The largest absolute Gasteiger partial charge is 0.371 e. The Bertz CT molecular complexity index is 580. The number of amides is 1. The first-order valence-electron chi connectivity index (χ1n) is 6.78. The van der Waals surface area contributed by atoms with Gasteiger partial charge in [-0.2, -0.15) is 0 Å². The van der Waals surface area contributed by atoms with Crippen LogP contribution in [-0.2, 0) is 4.74 Å². The number of nitrogens with one attached hydrogen (secondary N) is 1. The zero-order chi connectivity index (χ0) is 15.0. The van der Waals surface area contributed by atoms with Crippen LogP contribution in [0.25, 0.3) is 0 Å². The molecule has 0 aromatic heterocycles. The van der Waals surface area contributed by atoms with E-state index < -0.39 is 4.92 Å². The van der Waals surface area contributed by atoms with Crippen molar-refractivity contribution in [3.63, 3.8) is 0 Å². The number of nitrogens with two attached hydrogens (primary N) is 1. The molecule has 2 heterocycles. The molecule has 0 radical (unpaired) electrons. The van der Waals surface area contributed by atoms with E-state index in [1.165, 1.54) is 12.1 Å². The van der Waals surface area contributed by atoms with E-state index in [0.29, 0.717) is 18.7 Å². The lowest BCUT2D eigenvalue weighted by Gasteiger charge is -2.32. The molecular formula is C13H16N4O4. The van der Waals surface area contributed by atoms with Crippen LogP contribution < -0.4 is 11.3 Å². The van der Waals surface area contributed by atoms with Crippen LogP contribution in [0.5, 0.6) is 0 Å². The monoisotopic (exact) mass is 292 g/mol. The van der Waals surface area contributed by atoms with Gasteiger partial charge in [-0.05, 0) is 25.0 Å². The van der Waals surface area contributed by atoms with Crippen LogP contribution in [0.4, 0.5) is 11.4 Å². The number of morpholine rings is 1. The second-order valence-electron chi connectivity index (χ2n) is 5.30. The number of fused-ring (bicyclic) bond motifs is 2. The maximum atomic E-state index is 12.5. The normalized spacial score (nSPS) is 24.0. The number of nitro benzene ring substituents is 1. The van der Waals surface area contributed by atoms with Crippen molar-refractivity contribution in [2.24, 2.45) is 5.84 Å². The third-order valence-corrected chi connectivity index (χ3v) is 3.93. The highest BCUT2D eigenvalue weighted by Crippen LogP contribution is 2.29. The topological polar surface area (TPSA) is 111 Å². The molecule has 2 atom stereocenters. The molecule has 3 N–H and O–H groups in total. The van der Waals surface area contributed by atoms with Crippen LogP contribution in [0.2, 0.25) is 0 Å². The third-order valence-electron chi connectivity index (χ3n) is 3.93. The van der Waals surface area contributed by atoms with Gasteiger partial charge < -0.3 is 15.1 Å². The quantitative estimate of drug-likeness (QED) is 0.486. The number of nitro groups is 1. The van der Waals surface area contributed by atoms with Crippen LogP contribution in [0, 0.1) is 10.1 Å². The van der Waals surface area contributed by atoms with Gasteiger partial charge in [0.05, 0.1) is 17.1 Å². The molecule has 1 amide bonds. The van der Waals surface area contributed by atoms with Gasteiger partial charge in [0.1, 0.15) is 5.69 Å². The summed E-state index contributed by atoms with van der Waals surface area (Å²) in [7, 11) is 0. The van der Waals surface area contributed by atoms with Gasteiger partial charge in [0, 0.05) is 24.7 Å². The fraction of sp³-hybridized carbons (Fsp3) is 0.462. The lowest BCUT2D eigenvalue weighted by Crippen LogP contribution is -2.45. The highest BCUT2D eigenvalue weighted by Gasteiger charge is 2.36. The fourth-order valence-electron chi connectivity index (χ4n) is 2.90. The Morgan fingerprint density at radius 3 is 2.62 bits per heavy atom. The standard InChI is InChI=1S/C13H16N4O4/c14-15-11-4-1-8(5-12(11)17(19)20)13(18)16-6-9-2-3-10(7-16)21-9/h1,4-5,9-10,15H,2-3,6-7,14H2. The smallest absolute Gasteiger partial charge is 0.294 e. The van der Waals surface area contributed by atoms with E-state index in [9.17, 15) is 14.9 Å². The van der Waals surface area contributed by atoms with E-state index in [4.69, 9.17) is 10.6 Å². The third kappa shape index (κ3) is 2.55. The molecule has 3 rings (SSSR count). The van der Waals surface area contributed by atoms with E-state index >= 15 is 0 Å². The van der Waals surface area contributed by atoms with E-state index in [0.717, 1.165) is 12.8 Å². The molecule has 1 aromatic carbocycles. The number of hydrazine groups is 1. The Kier molecular flexibility index (Phi) is 3.48. The highest BCUT2D eigenvalue weighted by atomic mass is 16.6. The average molecular weight is 292 g/mol. The van der Waals surface area contributed by atoms with Gasteiger partial charge in [-0.1, -0.05) is 0 Å². The van der Waals surface area contributed by atoms with Crippen molar-refractivity contribution in [2.45, 2.75) is 25.0 Å². The number of nitrogen functional groups attached to an aromatic ring is 1. The average Bonchev–Trinajstić information content (AvgIpc) is 2.84. The minimum Gasteiger partial charge on any atom is -0.371 e. The molecule has 2 aliphatic rings. The summed E-state index contributed by atoms with van der Waals surface area (Å²) in [4.78, 5) is 24.6. The van der Waals surface area contributed by atoms with E-state index in [2.05, 4.69) is 5.43 Å². The molecular weight excluding hydrogens is 276 g/mol. The number of rotatable bonds is 3. The number of nitrogens with zero attached hydrogens (tertiary/aromatic N) is 2. The zero-order valence-corrected chi connectivity index (χ0v) is 11.3. The molecule has 2 fully saturated rings. The molecule has 0 spiro atoms. The molecule has 21 heavy (non-hydrogen) atoms. The van der Waals surface area contributed by atoms with E-state index in [1.54, 1.807) is 11.0 Å². The number of anilines is 1. The molecule has 112 valence electrons. The van der Waals surface area contributed by atoms with Crippen LogP contribution >= 0.6 is 0 Å². The molecule has 8 nitrogen and oxygen atoms in total. The van der Waals surface area contributed by atoms with E-state index in [-0.39, 0.29) is 29.5 Å². The minimum atomic E-state index is -0.561. The summed E-state index contributed by atoms with van der Waals surface area (Å²) in [5, 5.41) is 11.0. The number of carbonyl (C=O) groups is 1. The number of hydrogen-bond acceptors (Lipinski definition) is 6. The van der Waals surface area contributed by atoms with Crippen molar-refractivity contribution in [3.05, 3.63) is 33.9 Å². The van der Waals surface area contributed by atoms with Crippen LogP contribution in [0.15, 0.2) is 18.2 Å². The summed E-state index contributed by atoms with van der Waals surface area (Å²) in [5.41, 5.74) is 2.52. The van der Waals surface area contributed by atoms with Crippen molar-refractivity contribution in [1.82, 2.24) is 4.90 Å². The van der Waals surface area contributed by atoms with Gasteiger partial charge in [0.2, 0.25) is 0 Å². The summed E-state index contributed by atoms with van der Waals surface area (Å²) < 4.78 is 5.68. The van der Waals surface area contributed by atoms with Gasteiger partial charge in [0.15, 0.2) is 0 Å². The first-order chi connectivity index (χ1) is 10.1. The Balaban J connectivity index is 1.84. The summed E-state index contributed by atoms with van der Waals surface area (Å²) in [6.07, 6.45) is 2.11. The molecule has 1 aromatic rings. The molecule has 2 bridgehead atoms. The van der Waals surface area contributed by atoms with Crippen molar-refractivity contribution >= 4 is 17.3 Å². The fourth-order valence-corrected chi connectivity index (χ4v) is 2.90. The van der Waals surface area contributed by atoms with Crippen LogP contribution in [0.3, 0.4) is 0 Å². The lowest BCUT2D eigenvalue weighted by atomic mass is 10.1. The predicted molar refractivity (Wildman–Crippen MR) is 74.7 cm³/mol. The Morgan fingerprint density at radius 2 is 2.05 bits per heavy atom. The molecule has 2 unspecified atom stereocenters. The van der Waals surface area contributed by atoms with Gasteiger partial charge >= 0.3 is 0 Å². The molecule has 2 aliphatic heterocycles. The van der Waals surface area contributed by atoms with Crippen molar-refractivity contribution in [2.75, 3.05) is 18.5 Å². The van der Waals surface area contributed by atoms with E-state index in [1.807, 2.05) is 0 Å². The van der Waals surface area contributed by atoms with Crippen LogP contribution in [-0.4, -0.2) is 41.0 Å². The molecule has 0 saturated carbocycles. The van der Waals surface area contributed by atoms with Gasteiger partial charge in [0.25, 0.3) is 11.6 Å².